The average Bonchev–Trinajstić information content (AvgIpc) is 2.94. The van der Waals surface area contributed by atoms with Crippen LogP contribution in [0, 0.1) is 29.1 Å². The molecule has 0 atom stereocenters. The number of halogens is 5. The lowest BCUT2D eigenvalue weighted by molar-refractivity contribution is 0.0205. The van der Waals surface area contributed by atoms with E-state index in [1.165, 1.54) is 48.5 Å². The molecule has 0 aliphatic heterocycles. The zero-order chi connectivity index (χ0) is 30.9. The molecule has 1 N–H and O–H groups in total. The lowest BCUT2D eigenvalue weighted by Crippen LogP contribution is -2.26. The van der Waals surface area contributed by atoms with Gasteiger partial charge in [-0.25, -0.2) is 26.7 Å². The minimum atomic E-state index is -5.61. The van der Waals surface area contributed by atoms with Crippen molar-refractivity contribution in [2.24, 2.45) is 0 Å². The van der Waals surface area contributed by atoms with Crippen molar-refractivity contribution in [3.8, 4) is 5.75 Å². The molecule has 0 radical (unpaired) electrons. The summed E-state index contributed by atoms with van der Waals surface area (Å²) in [5, 5.41) is 0. The monoisotopic (exact) mass is 627 g/mol. The molecule has 222 valence electrons. The summed E-state index contributed by atoms with van der Waals surface area (Å²) in [5.74, 6) is -12.6. The molecule has 0 bridgehead atoms. The van der Waals surface area contributed by atoms with Crippen LogP contribution in [0.3, 0.4) is 0 Å². The number of benzene rings is 4. The number of ether oxygens (including phenoxy) is 2. The maximum atomic E-state index is 14.8. The van der Waals surface area contributed by atoms with Crippen LogP contribution in [0.15, 0.2) is 105 Å². The van der Waals surface area contributed by atoms with Crippen molar-refractivity contribution in [1.29, 1.82) is 0 Å². The Kier molecular flexibility index (Phi) is 8.67. The molecular weight excluding hydrogens is 603 g/mol. The average molecular weight is 628 g/mol. The molecule has 0 saturated carbocycles. The fraction of sp³-hybridized carbons (Fsp3) is 0.138. The smallest absolute Gasteiger partial charge is 0.428 e. The quantitative estimate of drug-likeness (QED) is 0.0391. The zero-order valence-electron chi connectivity index (χ0n) is 22.3. The van der Waals surface area contributed by atoms with Crippen LogP contribution in [-0.2, 0) is 14.9 Å². The van der Waals surface area contributed by atoms with Crippen LogP contribution < -0.4 is 4.74 Å². The number of rotatable bonds is 7. The second kappa shape index (κ2) is 11.7. The maximum absolute atomic E-state index is 14.8. The molecule has 0 heterocycles. The molecule has 0 saturated heterocycles. The van der Waals surface area contributed by atoms with Gasteiger partial charge in [0.25, 0.3) is 0 Å². The first kappa shape index (κ1) is 31.0. The predicted molar refractivity (Wildman–Crippen MR) is 145 cm³/mol. The van der Waals surface area contributed by atoms with E-state index >= 15 is 0 Å². The summed E-state index contributed by atoms with van der Waals surface area (Å²) in [5.41, 5.74) is -0.894. The SMILES string of the molecule is CC(C)(C)OC(=O)Oc1cccc(S([OH+]S(=O)(=O)c2c(F)c(F)c(F)c(F)c2F)(c2ccccc2)c2ccccc2)c1. The van der Waals surface area contributed by atoms with Crippen LogP contribution in [0.1, 0.15) is 20.8 Å². The molecule has 6 nitrogen and oxygen atoms in total. The number of carbonyl (C=O) groups is 1. The lowest BCUT2D eigenvalue weighted by Gasteiger charge is -2.35. The maximum Gasteiger partial charge on any atom is 0.514 e. The normalized spacial score (nSPS) is 12.6. The predicted octanol–water partition coefficient (Wildman–Crippen LogP) is 8.38. The van der Waals surface area contributed by atoms with Crippen LogP contribution in [0.2, 0.25) is 0 Å². The molecule has 0 unspecified atom stereocenters. The van der Waals surface area contributed by atoms with Crippen molar-refractivity contribution >= 4 is 26.6 Å². The Morgan fingerprint density at radius 3 is 1.60 bits per heavy atom. The van der Waals surface area contributed by atoms with Crippen LogP contribution in [-0.4, -0.2) is 23.8 Å². The van der Waals surface area contributed by atoms with Crippen molar-refractivity contribution in [2.75, 3.05) is 0 Å². The van der Waals surface area contributed by atoms with E-state index in [-0.39, 0.29) is 20.4 Å². The van der Waals surface area contributed by atoms with Crippen molar-refractivity contribution in [3.63, 3.8) is 0 Å². The highest BCUT2D eigenvalue weighted by Gasteiger charge is 2.47. The van der Waals surface area contributed by atoms with E-state index in [9.17, 15) is 35.2 Å². The van der Waals surface area contributed by atoms with Gasteiger partial charge >= 0.3 is 16.3 Å². The summed E-state index contributed by atoms with van der Waals surface area (Å²) < 4.78 is 113. The Morgan fingerprint density at radius 1 is 0.667 bits per heavy atom. The largest absolute Gasteiger partial charge is 0.514 e. The van der Waals surface area contributed by atoms with Gasteiger partial charge in [0.05, 0.1) is 25.0 Å². The molecule has 4 aromatic carbocycles. The van der Waals surface area contributed by atoms with E-state index in [2.05, 4.69) is 3.63 Å². The summed E-state index contributed by atoms with van der Waals surface area (Å²) in [6.45, 7) is 4.86. The second-order valence-corrected chi connectivity index (χ2v) is 14.2. The Balaban J connectivity index is 2.00. The first-order valence-electron chi connectivity index (χ1n) is 12.1. The fourth-order valence-electron chi connectivity index (χ4n) is 3.86. The second-order valence-electron chi connectivity index (χ2n) is 9.70. The Morgan fingerprint density at radius 2 is 1.12 bits per heavy atom. The van der Waals surface area contributed by atoms with Crippen molar-refractivity contribution in [3.05, 3.63) is 114 Å². The summed E-state index contributed by atoms with van der Waals surface area (Å²) in [4.78, 5) is 10.8. The molecule has 4 aromatic rings. The molecule has 0 aliphatic rings. The fourth-order valence-corrected chi connectivity index (χ4v) is 9.48. The van der Waals surface area contributed by atoms with Crippen LogP contribution in [0.5, 0.6) is 5.75 Å². The van der Waals surface area contributed by atoms with Gasteiger partial charge in [-0.2, -0.15) is 0 Å². The Hall–Kier alpha value is -3.94. The summed E-state index contributed by atoms with van der Waals surface area (Å²) in [6.07, 6.45) is -1.06. The third-order valence-electron chi connectivity index (χ3n) is 5.54. The molecule has 42 heavy (non-hydrogen) atoms. The first-order valence-corrected chi connectivity index (χ1v) is 15.2. The van der Waals surface area contributed by atoms with Gasteiger partial charge in [0, 0.05) is 6.07 Å². The third kappa shape index (κ3) is 6.13. The molecule has 0 aliphatic carbocycles. The van der Waals surface area contributed by atoms with Gasteiger partial charge in [-0.3, -0.25) is 3.63 Å². The van der Waals surface area contributed by atoms with E-state index < -0.39 is 66.2 Å². The van der Waals surface area contributed by atoms with E-state index in [1.54, 1.807) is 57.2 Å². The minimum Gasteiger partial charge on any atom is -0.428 e. The van der Waals surface area contributed by atoms with Gasteiger partial charge in [0.15, 0.2) is 23.3 Å². The molecule has 0 fully saturated rings. The van der Waals surface area contributed by atoms with Gasteiger partial charge in [-0.1, -0.05) is 42.5 Å². The minimum absolute atomic E-state index is 0.0886. The van der Waals surface area contributed by atoms with E-state index in [0.29, 0.717) is 0 Å². The van der Waals surface area contributed by atoms with Crippen LogP contribution in [0.4, 0.5) is 26.7 Å². The topological polar surface area (TPSA) is 82.5 Å². The zero-order valence-corrected chi connectivity index (χ0v) is 23.9. The molecule has 0 spiro atoms. The van der Waals surface area contributed by atoms with Crippen molar-refractivity contribution < 1.29 is 48.3 Å². The van der Waals surface area contributed by atoms with Gasteiger partial charge in [-0.15, -0.1) is 8.42 Å². The van der Waals surface area contributed by atoms with Crippen LogP contribution in [0.25, 0.3) is 0 Å². The van der Waals surface area contributed by atoms with E-state index in [4.69, 9.17) is 9.47 Å². The van der Waals surface area contributed by atoms with Crippen LogP contribution >= 0.6 is 10.3 Å². The highest BCUT2D eigenvalue weighted by atomic mass is 32.3. The molecule has 0 amide bonds. The molecule has 0 aromatic heterocycles. The van der Waals surface area contributed by atoms with Gasteiger partial charge in [-0.05, 0) is 57.2 Å². The van der Waals surface area contributed by atoms with Gasteiger partial charge in [0.1, 0.15) is 11.4 Å². The standard InChI is InChI=1S/C29H23F5O6S2/c1-29(2,3)39-28(35)38-18-11-10-16-21(17-18)41(19-12-6-4-7-13-19,20-14-8-5-9-15-20)40-42(36,37)27-25(33)23(31)22(30)24(32)26(27)34/h4-17H,1-3H3/p+1. The number of hydrogen-bond donors (Lipinski definition) is 0. The Bertz CT molecular complexity index is 1660. The summed E-state index contributed by atoms with van der Waals surface area (Å²) >= 11 is 0. The number of hydrogen-bond acceptors (Lipinski definition) is 5. The highest BCUT2D eigenvalue weighted by molar-refractivity contribution is 8.32. The van der Waals surface area contributed by atoms with Gasteiger partial charge in [0.2, 0.25) is 10.7 Å². The third-order valence-corrected chi connectivity index (χ3v) is 10.9. The molecule has 4 rings (SSSR count). The first-order chi connectivity index (χ1) is 19.7. The van der Waals surface area contributed by atoms with E-state index in [1.807, 2.05) is 0 Å². The number of carbonyl (C=O) groups excluding carboxylic acids is 1. The lowest BCUT2D eigenvalue weighted by atomic mass is 10.2. The Labute approximate surface area is 240 Å². The van der Waals surface area contributed by atoms with Gasteiger partial charge < -0.3 is 9.47 Å². The summed E-state index contributed by atoms with van der Waals surface area (Å²) in [6, 6.07) is 21.0. The van der Waals surface area contributed by atoms with Crippen molar-refractivity contribution in [1.82, 2.24) is 0 Å². The molecular formula is C29H24F5O6S2+. The summed E-state index contributed by atoms with van der Waals surface area (Å²) in [7, 11) is -9.08. The highest BCUT2D eigenvalue weighted by Crippen LogP contribution is 2.69. The van der Waals surface area contributed by atoms with Crippen molar-refractivity contribution in [2.45, 2.75) is 46.0 Å². The molecule has 13 heteroatoms. The van der Waals surface area contributed by atoms with E-state index in [0.717, 1.165) is 0 Å².